The molecule has 0 aliphatic rings. The second-order valence-corrected chi connectivity index (χ2v) is 5.13. The lowest BCUT2D eigenvalue weighted by Gasteiger charge is -2.15. The zero-order chi connectivity index (χ0) is 17.5. The number of nitrogen functional groups attached to an aromatic ring is 1. The second-order valence-electron chi connectivity index (χ2n) is 5.13. The van der Waals surface area contributed by atoms with Crippen LogP contribution in [0.5, 0.6) is 17.2 Å². The first-order valence-electron chi connectivity index (χ1n) is 7.52. The highest BCUT2D eigenvalue weighted by atomic mass is 35.5. The molecule has 0 aliphatic heterocycles. The second kappa shape index (κ2) is 9.64. The number of nitrogens with two attached hydrogens (primary N) is 1. The number of amides is 1. The quantitative estimate of drug-likeness (QED) is 0.736. The maximum Gasteiger partial charge on any atom is 0.255 e. The molecule has 0 unspecified atom stereocenters. The molecule has 2 aromatic carbocycles. The molecule has 0 heterocycles. The summed E-state index contributed by atoms with van der Waals surface area (Å²) in [7, 11) is 4.52. The molecular weight excluding hydrogens is 344 g/mol. The maximum absolute atomic E-state index is 12.4. The third kappa shape index (κ3) is 4.93. The molecule has 0 radical (unpaired) electrons. The molecular formula is C18H23ClN2O4. The third-order valence-corrected chi connectivity index (χ3v) is 3.63. The van der Waals surface area contributed by atoms with Crippen LogP contribution in [0.3, 0.4) is 0 Å². The molecule has 0 aromatic heterocycles. The number of carbonyl (C=O) groups is 1. The Labute approximate surface area is 153 Å². The van der Waals surface area contributed by atoms with Gasteiger partial charge in [-0.05, 0) is 36.2 Å². The van der Waals surface area contributed by atoms with Crippen molar-refractivity contribution in [2.75, 3.05) is 33.6 Å². The van der Waals surface area contributed by atoms with Gasteiger partial charge in [-0.15, -0.1) is 12.4 Å². The lowest BCUT2D eigenvalue weighted by molar-refractivity contribution is 0.0950. The van der Waals surface area contributed by atoms with E-state index >= 15 is 0 Å². The number of methoxy groups -OCH3 is 3. The lowest BCUT2D eigenvalue weighted by atomic mass is 10.1. The van der Waals surface area contributed by atoms with E-state index in [2.05, 4.69) is 5.32 Å². The monoisotopic (exact) mass is 366 g/mol. The molecule has 2 aromatic rings. The van der Waals surface area contributed by atoms with Crippen LogP contribution in [0.2, 0.25) is 0 Å². The summed E-state index contributed by atoms with van der Waals surface area (Å²) in [6.45, 7) is 0.500. The average Bonchev–Trinajstić information content (AvgIpc) is 2.61. The topological polar surface area (TPSA) is 82.8 Å². The summed E-state index contributed by atoms with van der Waals surface area (Å²) in [6, 6.07) is 10.9. The van der Waals surface area contributed by atoms with Gasteiger partial charge in [0.25, 0.3) is 5.91 Å². The summed E-state index contributed by atoms with van der Waals surface area (Å²) >= 11 is 0. The summed E-state index contributed by atoms with van der Waals surface area (Å²) in [5.41, 5.74) is 7.87. The van der Waals surface area contributed by atoms with Crippen LogP contribution in [0, 0.1) is 0 Å². The van der Waals surface area contributed by atoms with Crippen LogP contribution in [0.1, 0.15) is 15.9 Å². The van der Waals surface area contributed by atoms with Gasteiger partial charge in [0.15, 0.2) is 11.5 Å². The van der Waals surface area contributed by atoms with Gasteiger partial charge in [-0.3, -0.25) is 4.79 Å². The fourth-order valence-electron chi connectivity index (χ4n) is 2.38. The summed E-state index contributed by atoms with van der Waals surface area (Å²) < 4.78 is 15.8. The van der Waals surface area contributed by atoms with Crippen molar-refractivity contribution < 1.29 is 19.0 Å². The predicted molar refractivity (Wildman–Crippen MR) is 100 cm³/mol. The number of rotatable bonds is 7. The van der Waals surface area contributed by atoms with Crippen LogP contribution in [0.4, 0.5) is 5.69 Å². The van der Waals surface area contributed by atoms with E-state index in [-0.39, 0.29) is 18.3 Å². The Morgan fingerprint density at radius 3 is 2.16 bits per heavy atom. The number of anilines is 1. The van der Waals surface area contributed by atoms with Gasteiger partial charge in [0, 0.05) is 12.2 Å². The number of nitrogens with one attached hydrogen (secondary N) is 1. The number of carbonyl (C=O) groups excluding carboxylic acids is 1. The number of halogens is 1. The Bertz CT molecular complexity index is 705. The Morgan fingerprint density at radius 2 is 1.60 bits per heavy atom. The van der Waals surface area contributed by atoms with Crippen molar-refractivity contribution in [3.05, 3.63) is 47.5 Å². The van der Waals surface area contributed by atoms with Gasteiger partial charge in [0.2, 0.25) is 5.75 Å². The first kappa shape index (κ1) is 20.4. The molecule has 1 amide bonds. The summed E-state index contributed by atoms with van der Waals surface area (Å²) in [5, 5.41) is 2.88. The number of hydrogen-bond donors (Lipinski definition) is 2. The van der Waals surface area contributed by atoms with Crippen LogP contribution in [0.25, 0.3) is 0 Å². The summed E-state index contributed by atoms with van der Waals surface area (Å²) in [6.07, 6.45) is 0.710. The normalized spacial score (nSPS) is 9.72. The summed E-state index contributed by atoms with van der Waals surface area (Å²) in [4.78, 5) is 12.4. The Hall–Kier alpha value is -2.60. The van der Waals surface area contributed by atoms with Crippen LogP contribution >= 0.6 is 12.4 Å². The number of hydrogen-bond acceptors (Lipinski definition) is 5. The van der Waals surface area contributed by atoms with Crippen LogP contribution in [-0.2, 0) is 6.42 Å². The molecule has 0 fully saturated rings. The smallest absolute Gasteiger partial charge is 0.255 e. The standard InChI is InChI=1S/C18H22N2O4.ClH/c1-22-15-9-8-14(16(23-2)17(15)24-3)18(21)20-11-10-12-4-6-13(19)7-5-12;/h4-9H,10-11,19H2,1-3H3,(H,20,21);1H. The van der Waals surface area contributed by atoms with Crippen molar-refractivity contribution in [3.8, 4) is 17.2 Å². The first-order valence-corrected chi connectivity index (χ1v) is 7.52. The van der Waals surface area contributed by atoms with Crippen molar-refractivity contribution >= 4 is 24.0 Å². The molecule has 0 aliphatic carbocycles. The van der Waals surface area contributed by atoms with Gasteiger partial charge >= 0.3 is 0 Å². The maximum atomic E-state index is 12.4. The first-order chi connectivity index (χ1) is 11.6. The predicted octanol–water partition coefficient (Wildman–Crippen LogP) is 2.69. The van der Waals surface area contributed by atoms with Crippen molar-refractivity contribution in [3.63, 3.8) is 0 Å². The molecule has 136 valence electrons. The Balaban J connectivity index is 0.00000312. The Morgan fingerprint density at radius 1 is 0.960 bits per heavy atom. The lowest BCUT2D eigenvalue weighted by Crippen LogP contribution is -2.26. The fraction of sp³-hybridized carbons (Fsp3) is 0.278. The highest BCUT2D eigenvalue weighted by Gasteiger charge is 2.20. The van der Waals surface area contributed by atoms with Crippen LogP contribution in [0.15, 0.2) is 36.4 Å². The minimum atomic E-state index is -0.233. The van der Waals surface area contributed by atoms with Crippen LogP contribution in [-0.4, -0.2) is 33.8 Å². The zero-order valence-electron chi connectivity index (χ0n) is 14.5. The highest BCUT2D eigenvalue weighted by molar-refractivity contribution is 5.98. The minimum absolute atomic E-state index is 0. The van der Waals surface area contributed by atoms with E-state index in [1.807, 2.05) is 24.3 Å². The van der Waals surface area contributed by atoms with Crippen molar-refractivity contribution in [1.82, 2.24) is 5.32 Å². The molecule has 0 bridgehead atoms. The SMILES string of the molecule is COc1ccc(C(=O)NCCc2ccc(N)cc2)c(OC)c1OC.Cl. The fourth-order valence-corrected chi connectivity index (χ4v) is 2.38. The third-order valence-electron chi connectivity index (χ3n) is 3.63. The molecule has 0 saturated heterocycles. The zero-order valence-corrected chi connectivity index (χ0v) is 15.3. The van der Waals surface area contributed by atoms with E-state index in [0.29, 0.717) is 35.8 Å². The van der Waals surface area contributed by atoms with Gasteiger partial charge in [-0.2, -0.15) is 0 Å². The Kier molecular flexibility index (Phi) is 7.88. The number of ether oxygens (including phenoxy) is 3. The van der Waals surface area contributed by atoms with E-state index in [1.54, 1.807) is 12.1 Å². The molecule has 0 atom stereocenters. The molecule has 7 heteroatoms. The van der Waals surface area contributed by atoms with Crippen molar-refractivity contribution in [2.24, 2.45) is 0 Å². The summed E-state index contributed by atoms with van der Waals surface area (Å²) in [5.74, 6) is 1.02. The van der Waals surface area contributed by atoms with Crippen molar-refractivity contribution in [1.29, 1.82) is 0 Å². The van der Waals surface area contributed by atoms with E-state index in [4.69, 9.17) is 19.9 Å². The molecule has 3 N–H and O–H groups in total. The largest absolute Gasteiger partial charge is 0.493 e. The van der Waals surface area contributed by atoms with E-state index in [9.17, 15) is 4.79 Å². The van der Waals surface area contributed by atoms with Crippen LogP contribution < -0.4 is 25.3 Å². The van der Waals surface area contributed by atoms with Gasteiger partial charge in [-0.25, -0.2) is 0 Å². The van der Waals surface area contributed by atoms with Gasteiger partial charge in [0.1, 0.15) is 0 Å². The highest BCUT2D eigenvalue weighted by Crippen LogP contribution is 2.39. The average molecular weight is 367 g/mol. The molecule has 0 spiro atoms. The molecule has 6 nitrogen and oxygen atoms in total. The molecule has 2 rings (SSSR count). The number of benzene rings is 2. The van der Waals surface area contributed by atoms with Gasteiger partial charge in [0.05, 0.1) is 26.9 Å². The molecule has 0 saturated carbocycles. The van der Waals surface area contributed by atoms with Crippen molar-refractivity contribution in [2.45, 2.75) is 6.42 Å². The van der Waals surface area contributed by atoms with E-state index in [1.165, 1.54) is 21.3 Å². The van der Waals surface area contributed by atoms with Gasteiger partial charge in [-0.1, -0.05) is 12.1 Å². The van der Waals surface area contributed by atoms with Gasteiger partial charge < -0.3 is 25.3 Å². The van der Waals surface area contributed by atoms with E-state index in [0.717, 1.165) is 11.3 Å². The van der Waals surface area contributed by atoms with E-state index < -0.39 is 0 Å². The minimum Gasteiger partial charge on any atom is -0.493 e. The molecule has 25 heavy (non-hydrogen) atoms.